The summed E-state index contributed by atoms with van der Waals surface area (Å²) in [6.45, 7) is 0. The van der Waals surface area contributed by atoms with Gasteiger partial charge in [-0.25, -0.2) is 4.79 Å². The second kappa shape index (κ2) is 5.34. The van der Waals surface area contributed by atoms with Gasteiger partial charge >= 0.3 is 12.1 Å². The van der Waals surface area contributed by atoms with Gasteiger partial charge in [-0.3, -0.25) is 0 Å². The molecule has 2 rings (SSSR count). The molecule has 0 radical (unpaired) electrons. The Balaban J connectivity index is 2.39. The van der Waals surface area contributed by atoms with E-state index in [1.165, 1.54) is 6.07 Å². The van der Waals surface area contributed by atoms with Crippen molar-refractivity contribution in [3.8, 4) is 0 Å². The number of halogens is 3. The molecule has 3 nitrogen and oxygen atoms in total. The summed E-state index contributed by atoms with van der Waals surface area (Å²) in [5.74, 6) is -1.34. The number of nitrogens with zero attached hydrogens (tertiary/aromatic N) is 1. The van der Waals surface area contributed by atoms with E-state index in [1.807, 2.05) is 0 Å². The number of alkyl halides is 3. The van der Waals surface area contributed by atoms with Crippen LogP contribution >= 0.6 is 0 Å². The van der Waals surface area contributed by atoms with Crippen molar-refractivity contribution in [1.29, 1.82) is 0 Å². The Morgan fingerprint density at radius 2 is 1.90 bits per heavy atom. The number of carboxylic acids is 1. The molecule has 0 bridgehead atoms. The molecule has 0 spiro atoms. The quantitative estimate of drug-likeness (QED) is 0.919. The summed E-state index contributed by atoms with van der Waals surface area (Å²) < 4.78 is 38.0. The van der Waals surface area contributed by atoms with Gasteiger partial charge < -0.3 is 10.0 Å². The van der Waals surface area contributed by atoms with Gasteiger partial charge in [-0.2, -0.15) is 13.2 Å². The molecule has 1 aromatic rings. The van der Waals surface area contributed by atoms with Gasteiger partial charge in [0.15, 0.2) is 0 Å². The van der Waals surface area contributed by atoms with Gasteiger partial charge in [-0.05, 0) is 31.0 Å². The van der Waals surface area contributed by atoms with Crippen LogP contribution in [0, 0.1) is 0 Å². The number of hydrogen-bond donors (Lipinski definition) is 1. The zero-order valence-electron chi connectivity index (χ0n) is 11.1. The summed E-state index contributed by atoms with van der Waals surface area (Å²) >= 11 is 0. The molecule has 20 heavy (non-hydrogen) atoms. The predicted molar refractivity (Wildman–Crippen MR) is 69.1 cm³/mol. The molecule has 0 aromatic heterocycles. The van der Waals surface area contributed by atoms with Gasteiger partial charge in [0.1, 0.15) is 0 Å². The Hall–Kier alpha value is -1.72. The molecule has 0 atom stereocenters. The first-order valence-electron chi connectivity index (χ1n) is 6.48. The Labute approximate surface area is 115 Å². The Morgan fingerprint density at radius 1 is 1.30 bits per heavy atom. The van der Waals surface area contributed by atoms with Crippen LogP contribution in [0.4, 0.5) is 18.9 Å². The van der Waals surface area contributed by atoms with Gasteiger partial charge in [0.05, 0.1) is 16.8 Å². The second-order valence-electron chi connectivity index (χ2n) is 5.08. The number of aromatic carboxylic acids is 1. The highest BCUT2D eigenvalue weighted by Crippen LogP contribution is 2.34. The lowest BCUT2D eigenvalue weighted by Crippen LogP contribution is -2.30. The summed E-state index contributed by atoms with van der Waals surface area (Å²) in [7, 11) is 1.74. The van der Waals surface area contributed by atoms with Gasteiger partial charge in [-0.1, -0.05) is 12.8 Å². The second-order valence-corrected chi connectivity index (χ2v) is 5.08. The molecule has 0 saturated heterocycles. The van der Waals surface area contributed by atoms with Gasteiger partial charge in [0, 0.05) is 13.1 Å². The van der Waals surface area contributed by atoms with E-state index >= 15 is 0 Å². The first-order chi connectivity index (χ1) is 9.30. The minimum atomic E-state index is -4.53. The lowest BCUT2D eigenvalue weighted by molar-refractivity contribution is -0.137. The molecule has 1 N–H and O–H groups in total. The third-order valence-electron chi connectivity index (χ3n) is 3.81. The van der Waals surface area contributed by atoms with E-state index in [2.05, 4.69) is 0 Å². The van der Waals surface area contributed by atoms with E-state index in [0.29, 0.717) is 11.8 Å². The summed E-state index contributed by atoms with van der Waals surface area (Å²) in [5, 5.41) is 9.15. The molecule has 1 aliphatic rings. The van der Waals surface area contributed by atoms with Crippen molar-refractivity contribution < 1.29 is 23.1 Å². The molecule has 1 saturated carbocycles. The molecule has 0 amide bonds. The smallest absolute Gasteiger partial charge is 0.416 e. The van der Waals surface area contributed by atoms with Gasteiger partial charge in [-0.15, -0.1) is 0 Å². The van der Waals surface area contributed by atoms with E-state index < -0.39 is 17.7 Å². The van der Waals surface area contributed by atoms with Crippen molar-refractivity contribution in [3.63, 3.8) is 0 Å². The molecule has 110 valence electrons. The van der Waals surface area contributed by atoms with E-state index in [9.17, 15) is 18.0 Å². The number of carboxylic acid groups (broad SMARTS) is 1. The van der Waals surface area contributed by atoms with E-state index in [-0.39, 0.29) is 11.6 Å². The maximum Gasteiger partial charge on any atom is 0.416 e. The van der Waals surface area contributed by atoms with Crippen LogP contribution in [0.25, 0.3) is 0 Å². The van der Waals surface area contributed by atoms with Gasteiger partial charge in [0.25, 0.3) is 0 Å². The standard InChI is InChI=1S/C14H16F3NO2/c1-18(10-4-2-3-5-10)12-7-6-9(14(15,16)17)8-11(12)13(19)20/h6-8,10H,2-5H2,1H3,(H,19,20). The molecular weight excluding hydrogens is 271 g/mol. The molecule has 1 aliphatic carbocycles. The first kappa shape index (κ1) is 14.7. The predicted octanol–water partition coefficient (Wildman–Crippen LogP) is 3.78. The zero-order chi connectivity index (χ0) is 14.9. The molecule has 6 heteroatoms. The van der Waals surface area contributed by atoms with Crippen LogP contribution in [-0.4, -0.2) is 24.2 Å². The monoisotopic (exact) mass is 287 g/mol. The third kappa shape index (κ3) is 2.89. The maximum absolute atomic E-state index is 12.7. The summed E-state index contributed by atoms with van der Waals surface area (Å²) in [6.07, 6.45) is -0.516. The largest absolute Gasteiger partial charge is 0.478 e. The van der Waals surface area contributed by atoms with Crippen LogP contribution in [0.5, 0.6) is 0 Å². The number of rotatable bonds is 3. The van der Waals surface area contributed by atoms with Gasteiger partial charge in [0.2, 0.25) is 0 Å². The van der Waals surface area contributed by atoms with Crippen molar-refractivity contribution in [2.24, 2.45) is 0 Å². The first-order valence-corrected chi connectivity index (χ1v) is 6.48. The minimum Gasteiger partial charge on any atom is -0.478 e. The topological polar surface area (TPSA) is 40.5 Å². The van der Waals surface area contributed by atoms with Crippen molar-refractivity contribution >= 4 is 11.7 Å². The number of hydrogen-bond acceptors (Lipinski definition) is 2. The molecular formula is C14H16F3NO2. The average molecular weight is 287 g/mol. The summed E-state index contributed by atoms with van der Waals surface area (Å²) in [5.41, 5.74) is -0.884. The van der Waals surface area contributed by atoms with Crippen LogP contribution in [0.15, 0.2) is 18.2 Å². The Bertz CT molecular complexity index is 508. The van der Waals surface area contributed by atoms with Crippen molar-refractivity contribution in [3.05, 3.63) is 29.3 Å². The number of carbonyl (C=O) groups is 1. The molecule has 1 fully saturated rings. The van der Waals surface area contributed by atoms with Crippen LogP contribution < -0.4 is 4.90 Å². The van der Waals surface area contributed by atoms with Crippen molar-refractivity contribution in [2.45, 2.75) is 37.9 Å². The summed E-state index contributed by atoms with van der Waals surface area (Å²) in [4.78, 5) is 13.0. The SMILES string of the molecule is CN(c1ccc(C(F)(F)F)cc1C(=O)O)C1CCCC1. The summed E-state index contributed by atoms with van der Waals surface area (Å²) in [6, 6.07) is 3.10. The Kier molecular flexibility index (Phi) is 3.92. The van der Waals surface area contributed by atoms with E-state index in [1.54, 1.807) is 11.9 Å². The maximum atomic E-state index is 12.7. The fourth-order valence-electron chi connectivity index (χ4n) is 2.68. The van der Waals surface area contributed by atoms with E-state index in [0.717, 1.165) is 31.7 Å². The highest BCUT2D eigenvalue weighted by molar-refractivity contribution is 5.94. The van der Waals surface area contributed by atoms with Crippen LogP contribution in [-0.2, 0) is 6.18 Å². The fourth-order valence-corrected chi connectivity index (χ4v) is 2.68. The normalized spacial score (nSPS) is 16.4. The average Bonchev–Trinajstić information content (AvgIpc) is 2.89. The molecule has 0 unspecified atom stereocenters. The van der Waals surface area contributed by atoms with Crippen LogP contribution in [0.1, 0.15) is 41.6 Å². The third-order valence-corrected chi connectivity index (χ3v) is 3.81. The van der Waals surface area contributed by atoms with Crippen LogP contribution in [0.3, 0.4) is 0 Å². The Morgan fingerprint density at radius 3 is 2.40 bits per heavy atom. The fraction of sp³-hybridized carbons (Fsp3) is 0.500. The molecule has 0 heterocycles. The van der Waals surface area contributed by atoms with Crippen molar-refractivity contribution in [2.75, 3.05) is 11.9 Å². The van der Waals surface area contributed by atoms with E-state index in [4.69, 9.17) is 5.11 Å². The zero-order valence-corrected chi connectivity index (χ0v) is 11.1. The highest BCUT2D eigenvalue weighted by Gasteiger charge is 2.33. The van der Waals surface area contributed by atoms with Crippen molar-refractivity contribution in [1.82, 2.24) is 0 Å². The van der Waals surface area contributed by atoms with Crippen LogP contribution in [0.2, 0.25) is 0 Å². The number of benzene rings is 1. The lowest BCUT2D eigenvalue weighted by atomic mass is 10.1. The molecule has 0 aliphatic heterocycles. The minimum absolute atomic E-state index is 0.199. The molecule has 1 aromatic carbocycles. The number of anilines is 1. The highest BCUT2D eigenvalue weighted by atomic mass is 19.4. The lowest BCUT2D eigenvalue weighted by Gasteiger charge is -2.28.